The maximum absolute atomic E-state index is 11.7. The molecular formula is C26H37N5O3S. The van der Waals surface area contributed by atoms with Gasteiger partial charge in [0.05, 0.1) is 38.1 Å². The number of rotatable bonds is 10. The van der Waals surface area contributed by atoms with Crippen LogP contribution in [0.2, 0.25) is 0 Å². The first-order valence-electron chi connectivity index (χ1n) is 12.5. The van der Waals surface area contributed by atoms with E-state index in [-0.39, 0.29) is 18.1 Å². The van der Waals surface area contributed by atoms with Gasteiger partial charge in [-0.25, -0.2) is 0 Å². The lowest BCUT2D eigenvalue weighted by atomic mass is 9.96. The Hall–Kier alpha value is -2.49. The number of ether oxygens (including phenoxy) is 2. The van der Waals surface area contributed by atoms with Gasteiger partial charge < -0.3 is 24.3 Å². The van der Waals surface area contributed by atoms with Crippen LogP contribution in [-0.4, -0.2) is 76.9 Å². The molecule has 190 valence electrons. The van der Waals surface area contributed by atoms with E-state index in [1.807, 2.05) is 24.4 Å². The predicted octanol–water partition coefficient (Wildman–Crippen LogP) is 3.15. The third-order valence-electron chi connectivity index (χ3n) is 7.10. The second kappa shape index (κ2) is 12.0. The van der Waals surface area contributed by atoms with Crippen molar-refractivity contribution in [2.45, 2.75) is 51.7 Å². The average Bonchev–Trinajstić information content (AvgIpc) is 3.35. The van der Waals surface area contributed by atoms with Crippen LogP contribution < -0.4 is 5.32 Å². The number of thiocarbonyl (C=S) groups is 1. The van der Waals surface area contributed by atoms with Gasteiger partial charge >= 0.3 is 5.97 Å². The van der Waals surface area contributed by atoms with Crippen molar-refractivity contribution < 1.29 is 14.3 Å². The summed E-state index contributed by atoms with van der Waals surface area (Å²) in [5.74, 6) is -0.195. The molecule has 0 spiro atoms. The zero-order valence-corrected chi connectivity index (χ0v) is 21.9. The molecule has 2 aromatic rings. The van der Waals surface area contributed by atoms with E-state index in [1.165, 1.54) is 24.1 Å². The molecule has 0 aliphatic carbocycles. The largest absolute Gasteiger partial charge is 0.469 e. The minimum atomic E-state index is -0.195. The molecule has 2 aliphatic heterocycles. The Labute approximate surface area is 213 Å². The number of carbonyl (C=O) groups is 1. The van der Waals surface area contributed by atoms with Gasteiger partial charge in [0.25, 0.3) is 0 Å². The van der Waals surface area contributed by atoms with Gasteiger partial charge in [-0.15, -0.1) is 0 Å². The summed E-state index contributed by atoms with van der Waals surface area (Å²) >= 11 is 5.78. The molecule has 0 unspecified atom stereocenters. The van der Waals surface area contributed by atoms with Crippen LogP contribution in [-0.2, 0) is 20.8 Å². The van der Waals surface area contributed by atoms with Crippen LogP contribution in [0.5, 0.6) is 0 Å². The molecule has 4 rings (SSSR count). The van der Waals surface area contributed by atoms with E-state index < -0.39 is 0 Å². The molecule has 1 N–H and O–H groups in total. The lowest BCUT2D eigenvalue weighted by Crippen LogP contribution is -2.37. The van der Waals surface area contributed by atoms with E-state index >= 15 is 0 Å². The molecule has 2 fully saturated rings. The number of aromatic nitrogens is 2. The molecule has 0 aromatic carbocycles. The maximum Gasteiger partial charge on any atom is 0.305 e. The predicted molar refractivity (Wildman–Crippen MR) is 139 cm³/mol. The van der Waals surface area contributed by atoms with E-state index in [9.17, 15) is 4.79 Å². The summed E-state index contributed by atoms with van der Waals surface area (Å²) in [4.78, 5) is 21.1. The van der Waals surface area contributed by atoms with Crippen molar-refractivity contribution >= 4 is 23.3 Å². The normalized spacial score (nSPS) is 20.8. The zero-order chi connectivity index (χ0) is 24.8. The molecular weight excluding hydrogens is 462 g/mol. The summed E-state index contributed by atoms with van der Waals surface area (Å²) in [6.45, 7) is 10.8. The van der Waals surface area contributed by atoms with Gasteiger partial charge in [0.15, 0.2) is 5.11 Å². The molecule has 35 heavy (non-hydrogen) atoms. The number of nitrogens with one attached hydrogen (secondary N) is 1. The van der Waals surface area contributed by atoms with Gasteiger partial charge in [0, 0.05) is 56.7 Å². The van der Waals surface area contributed by atoms with E-state index in [1.54, 1.807) is 0 Å². The first kappa shape index (κ1) is 25.6. The van der Waals surface area contributed by atoms with Gasteiger partial charge in [0.1, 0.15) is 0 Å². The molecule has 8 nitrogen and oxygen atoms in total. The van der Waals surface area contributed by atoms with Crippen molar-refractivity contribution in [1.29, 1.82) is 0 Å². The smallest absolute Gasteiger partial charge is 0.305 e. The highest BCUT2D eigenvalue weighted by Crippen LogP contribution is 2.41. The molecule has 2 aromatic heterocycles. The van der Waals surface area contributed by atoms with Crippen LogP contribution in [0.15, 0.2) is 30.5 Å². The van der Waals surface area contributed by atoms with Gasteiger partial charge in [-0.3, -0.25) is 14.7 Å². The van der Waals surface area contributed by atoms with Crippen LogP contribution in [0.1, 0.15) is 54.0 Å². The molecule has 4 heterocycles. The molecule has 0 saturated carbocycles. The highest BCUT2D eigenvalue weighted by Gasteiger charge is 2.41. The van der Waals surface area contributed by atoms with Crippen molar-refractivity contribution in [2.75, 3.05) is 46.5 Å². The average molecular weight is 500 g/mol. The molecule has 0 bridgehead atoms. The summed E-state index contributed by atoms with van der Waals surface area (Å²) in [7, 11) is 1.43. The Kier molecular flexibility index (Phi) is 8.75. The zero-order valence-electron chi connectivity index (χ0n) is 21.0. The summed E-state index contributed by atoms with van der Waals surface area (Å²) in [6.07, 6.45) is 3.98. The molecule has 0 amide bonds. The summed E-state index contributed by atoms with van der Waals surface area (Å²) in [6, 6.07) is 8.25. The fraction of sp³-hybridized carbons (Fsp3) is 0.577. The number of carbonyl (C=O) groups excluding carboxylic acids is 1. The van der Waals surface area contributed by atoms with Crippen LogP contribution in [0.25, 0.3) is 0 Å². The minimum Gasteiger partial charge on any atom is -0.469 e. The maximum atomic E-state index is 11.7. The van der Waals surface area contributed by atoms with Gasteiger partial charge in [0.2, 0.25) is 0 Å². The SMILES string of the molecule is COC(=O)CCCN1C(=S)N[C@@H](c2ccccn2)[C@@H]1c1cc(C)n(CCCN2CCOCC2)c1C. The standard InChI is InChI=1S/C26H37N5O3S/c1-19-18-21(20(2)30(19)13-7-11-29-14-16-34-17-15-29)25-24(22-8-4-5-10-27-22)28-26(35)31(25)12-6-9-23(32)33-3/h4-5,8,10,18,24-25H,6-7,9,11-17H2,1-3H3,(H,28,35)/t24-,25-/m0/s1. The van der Waals surface area contributed by atoms with E-state index in [4.69, 9.17) is 21.7 Å². The van der Waals surface area contributed by atoms with Crippen LogP contribution in [0.4, 0.5) is 0 Å². The Balaban J connectivity index is 1.55. The monoisotopic (exact) mass is 499 g/mol. The van der Waals surface area contributed by atoms with Gasteiger partial charge in [-0.1, -0.05) is 6.07 Å². The van der Waals surface area contributed by atoms with Crippen LogP contribution in [0.3, 0.4) is 0 Å². The van der Waals surface area contributed by atoms with Crippen LogP contribution >= 0.6 is 12.2 Å². The van der Waals surface area contributed by atoms with Crippen molar-refractivity contribution in [3.05, 3.63) is 53.1 Å². The van der Waals surface area contributed by atoms with Crippen molar-refractivity contribution in [3.8, 4) is 0 Å². The summed E-state index contributed by atoms with van der Waals surface area (Å²) in [5, 5.41) is 4.22. The number of methoxy groups -OCH3 is 1. The number of hydrogen-bond donors (Lipinski definition) is 1. The summed E-state index contributed by atoms with van der Waals surface area (Å²) < 4.78 is 12.7. The molecule has 2 saturated heterocycles. The topological polar surface area (TPSA) is 71.9 Å². The van der Waals surface area contributed by atoms with Gasteiger partial charge in [-0.05, 0) is 62.7 Å². The van der Waals surface area contributed by atoms with E-state index in [0.29, 0.717) is 24.5 Å². The Morgan fingerprint density at radius 1 is 1.20 bits per heavy atom. The molecule has 0 radical (unpaired) electrons. The first-order chi connectivity index (χ1) is 17.0. The summed E-state index contributed by atoms with van der Waals surface area (Å²) in [5.41, 5.74) is 4.74. The van der Waals surface area contributed by atoms with Crippen molar-refractivity contribution in [3.63, 3.8) is 0 Å². The number of morpholine rings is 1. The second-order valence-electron chi connectivity index (χ2n) is 9.29. The number of pyridine rings is 1. The number of esters is 1. The van der Waals surface area contributed by atoms with Crippen molar-refractivity contribution in [1.82, 2.24) is 24.7 Å². The Morgan fingerprint density at radius 2 is 2.00 bits per heavy atom. The molecule has 2 atom stereocenters. The number of aryl methyl sites for hydroxylation is 1. The fourth-order valence-electron chi connectivity index (χ4n) is 5.23. The highest BCUT2D eigenvalue weighted by molar-refractivity contribution is 7.80. The van der Waals surface area contributed by atoms with Crippen molar-refractivity contribution in [2.24, 2.45) is 0 Å². The minimum absolute atomic E-state index is 0.00856. The fourth-order valence-corrected chi connectivity index (χ4v) is 5.56. The third-order valence-corrected chi connectivity index (χ3v) is 7.45. The molecule has 9 heteroatoms. The van der Waals surface area contributed by atoms with E-state index in [2.05, 4.69) is 44.6 Å². The third kappa shape index (κ3) is 6.02. The Bertz CT molecular complexity index is 1010. The molecule has 2 aliphatic rings. The second-order valence-corrected chi connectivity index (χ2v) is 9.67. The van der Waals surface area contributed by atoms with E-state index in [0.717, 1.165) is 51.5 Å². The number of nitrogens with zero attached hydrogens (tertiary/aromatic N) is 4. The lowest BCUT2D eigenvalue weighted by molar-refractivity contribution is -0.140. The number of hydrogen-bond acceptors (Lipinski definition) is 6. The highest BCUT2D eigenvalue weighted by atomic mass is 32.1. The van der Waals surface area contributed by atoms with Gasteiger partial charge in [-0.2, -0.15) is 0 Å². The van der Waals surface area contributed by atoms with Crippen LogP contribution in [0, 0.1) is 13.8 Å². The quantitative estimate of drug-likeness (QED) is 0.395. The Morgan fingerprint density at radius 3 is 2.71 bits per heavy atom. The lowest BCUT2D eigenvalue weighted by Gasteiger charge is -2.28. The first-order valence-corrected chi connectivity index (χ1v) is 12.9.